The Labute approximate surface area is 120 Å². The molecule has 1 aliphatic rings. The van der Waals surface area contributed by atoms with Gasteiger partial charge in [0.05, 0.1) is 6.54 Å². The van der Waals surface area contributed by atoms with Crippen LogP contribution in [0.25, 0.3) is 0 Å². The van der Waals surface area contributed by atoms with Gasteiger partial charge in [-0.2, -0.15) is 0 Å². The van der Waals surface area contributed by atoms with Crippen molar-refractivity contribution in [3.8, 4) is 0 Å². The first kappa shape index (κ1) is 15.0. The van der Waals surface area contributed by atoms with Crippen molar-refractivity contribution in [2.24, 2.45) is 0 Å². The van der Waals surface area contributed by atoms with Crippen LogP contribution in [0.2, 0.25) is 0 Å². The molecule has 1 atom stereocenters. The van der Waals surface area contributed by atoms with E-state index in [0.29, 0.717) is 19.1 Å². The lowest BCUT2D eigenvalue weighted by Crippen LogP contribution is -2.44. The molecule has 1 aromatic rings. The number of benzene rings is 1. The van der Waals surface area contributed by atoms with E-state index < -0.39 is 0 Å². The summed E-state index contributed by atoms with van der Waals surface area (Å²) < 4.78 is 12.8. The minimum Gasteiger partial charge on any atom is -0.355 e. The van der Waals surface area contributed by atoms with Crippen molar-refractivity contribution in [2.45, 2.75) is 38.6 Å². The van der Waals surface area contributed by atoms with Gasteiger partial charge in [-0.15, -0.1) is 0 Å². The highest BCUT2D eigenvalue weighted by Gasteiger charge is 2.20. The van der Waals surface area contributed by atoms with Crippen LogP contribution >= 0.6 is 0 Å². The molecule has 0 aromatic heterocycles. The quantitative estimate of drug-likeness (QED) is 0.896. The Hall–Kier alpha value is -1.42. The molecule has 1 fully saturated rings. The molecule has 0 spiro atoms. The first-order chi connectivity index (χ1) is 9.65. The van der Waals surface area contributed by atoms with E-state index in [1.807, 2.05) is 0 Å². The normalized spacial score (nSPS) is 19.8. The Balaban J connectivity index is 1.68. The molecule has 1 amide bonds. The maximum Gasteiger partial charge on any atom is 0.234 e. The van der Waals surface area contributed by atoms with Gasteiger partial charge in [0.15, 0.2) is 0 Å². The first-order valence-corrected chi connectivity index (χ1v) is 7.40. The summed E-state index contributed by atoms with van der Waals surface area (Å²) in [5.74, 6) is -0.141. The lowest BCUT2D eigenvalue weighted by atomic mass is 10.0. The van der Waals surface area contributed by atoms with Crippen molar-refractivity contribution in [3.05, 3.63) is 35.6 Å². The molecule has 1 saturated heterocycles. The number of likely N-dealkylation sites (tertiary alicyclic amines) is 1. The van der Waals surface area contributed by atoms with E-state index in [4.69, 9.17) is 0 Å². The largest absolute Gasteiger partial charge is 0.355 e. The molecule has 2 rings (SSSR count). The SMILES string of the molecule is CC1CCCCN1CC(=O)NCCc1ccc(F)cc1. The summed E-state index contributed by atoms with van der Waals surface area (Å²) >= 11 is 0. The average molecular weight is 278 g/mol. The predicted molar refractivity (Wildman–Crippen MR) is 78.0 cm³/mol. The fraction of sp³-hybridized carbons (Fsp3) is 0.562. The fourth-order valence-electron chi connectivity index (χ4n) is 2.63. The zero-order chi connectivity index (χ0) is 14.4. The van der Waals surface area contributed by atoms with E-state index in [1.54, 1.807) is 12.1 Å². The molecule has 3 nitrogen and oxygen atoms in total. The number of nitrogens with zero attached hydrogens (tertiary/aromatic N) is 1. The van der Waals surface area contributed by atoms with E-state index in [9.17, 15) is 9.18 Å². The minimum absolute atomic E-state index is 0.0841. The van der Waals surface area contributed by atoms with Crippen molar-refractivity contribution in [2.75, 3.05) is 19.6 Å². The van der Waals surface area contributed by atoms with E-state index in [1.165, 1.54) is 31.4 Å². The van der Waals surface area contributed by atoms with Gasteiger partial charge in [-0.1, -0.05) is 18.6 Å². The number of carbonyl (C=O) groups excluding carboxylic acids is 1. The molecule has 0 aliphatic carbocycles. The minimum atomic E-state index is -0.225. The van der Waals surface area contributed by atoms with E-state index in [2.05, 4.69) is 17.1 Å². The number of hydrogen-bond acceptors (Lipinski definition) is 2. The highest BCUT2D eigenvalue weighted by Crippen LogP contribution is 2.15. The molecule has 1 aromatic carbocycles. The van der Waals surface area contributed by atoms with Gasteiger partial charge < -0.3 is 5.32 Å². The molecule has 1 N–H and O–H groups in total. The van der Waals surface area contributed by atoms with Crippen molar-refractivity contribution >= 4 is 5.91 Å². The molecule has 0 radical (unpaired) electrons. The van der Waals surface area contributed by atoms with Crippen LogP contribution in [0.1, 0.15) is 31.7 Å². The standard InChI is InChI=1S/C16H23FN2O/c1-13-4-2-3-11-19(13)12-16(20)18-10-9-14-5-7-15(17)8-6-14/h5-8,13H,2-4,9-12H2,1H3,(H,18,20). The van der Waals surface area contributed by atoms with Gasteiger partial charge in [-0.25, -0.2) is 4.39 Å². The Kier molecular flexibility index (Phi) is 5.53. The number of rotatable bonds is 5. The van der Waals surface area contributed by atoms with Gasteiger partial charge in [-0.3, -0.25) is 9.69 Å². The van der Waals surface area contributed by atoms with Crippen LogP contribution in [0.4, 0.5) is 4.39 Å². The molecule has 1 heterocycles. The van der Waals surface area contributed by atoms with Crippen LogP contribution in [-0.4, -0.2) is 36.5 Å². The van der Waals surface area contributed by atoms with Crippen LogP contribution in [0.3, 0.4) is 0 Å². The lowest BCUT2D eigenvalue weighted by Gasteiger charge is -2.32. The van der Waals surface area contributed by atoms with Gasteiger partial charge >= 0.3 is 0 Å². The van der Waals surface area contributed by atoms with Crippen LogP contribution < -0.4 is 5.32 Å². The monoisotopic (exact) mass is 278 g/mol. The fourth-order valence-corrected chi connectivity index (χ4v) is 2.63. The average Bonchev–Trinajstić information content (AvgIpc) is 2.44. The van der Waals surface area contributed by atoms with Crippen molar-refractivity contribution in [1.82, 2.24) is 10.2 Å². The highest BCUT2D eigenvalue weighted by molar-refractivity contribution is 5.78. The molecule has 20 heavy (non-hydrogen) atoms. The predicted octanol–water partition coefficient (Wildman–Crippen LogP) is 2.36. The smallest absolute Gasteiger partial charge is 0.234 e. The van der Waals surface area contributed by atoms with E-state index in [0.717, 1.165) is 18.5 Å². The van der Waals surface area contributed by atoms with Crippen molar-refractivity contribution < 1.29 is 9.18 Å². The number of nitrogens with one attached hydrogen (secondary N) is 1. The zero-order valence-electron chi connectivity index (χ0n) is 12.1. The summed E-state index contributed by atoms with van der Waals surface area (Å²) in [6.07, 6.45) is 4.38. The van der Waals surface area contributed by atoms with Crippen LogP contribution in [0.5, 0.6) is 0 Å². The van der Waals surface area contributed by atoms with Gasteiger partial charge in [0.2, 0.25) is 5.91 Å². The van der Waals surface area contributed by atoms with Gasteiger partial charge in [0.25, 0.3) is 0 Å². The maximum absolute atomic E-state index is 12.8. The summed E-state index contributed by atoms with van der Waals surface area (Å²) in [7, 11) is 0. The molecule has 1 aliphatic heterocycles. The first-order valence-electron chi connectivity index (χ1n) is 7.40. The number of piperidine rings is 1. The summed E-state index contributed by atoms with van der Waals surface area (Å²) in [6, 6.07) is 6.92. The van der Waals surface area contributed by atoms with Gasteiger partial charge in [0.1, 0.15) is 5.82 Å². The number of halogens is 1. The molecule has 0 bridgehead atoms. The molecule has 4 heteroatoms. The van der Waals surface area contributed by atoms with Crippen molar-refractivity contribution in [3.63, 3.8) is 0 Å². The number of hydrogen-bond donors (Lipinski definition) is 1. The summed E-state index contributed by atoms with van der Waals surface area (Å²) in [4.78, 5) is 14.1. The third-order valence-corrected chi connectivity index (χ3v) is 3.94. The molecule has 0 saturated carbocycles. The number of carbonyl (C=O) groups is 1. The van der Waals surface area contributed by atoms with Gasteiger partial charge in [-0.05, 0) is 50.4 Å². The van der Waals surface area contributed by atoms with Crippen LogP contribution in [0, 0.1) is 5.82 Å². The third kappa shape index (κ3) is 4.60. The second-order valence-corrected chi connectivity index (χ2v) is 5.54. The Morgan fingerprint density at radius 1 is 1.35 bits per heavy atom. The molecule has 110 valence electrons. The third-order valence-electron chi connectivity index (χ3n) is 3.94. The lowest BCUT2D eigenvalue weighted by molar-refractivity contribution is -0.123. The Morgan fingerprint density at radius 2 is 2.10 bits per heavy atom. The summed E-state index contributed by atoms with van der Waals surface area (Å²) in [5.41, 5.74) is 1.04. The molecular weight excluding hydrogens is 255 g/mol. The summed E-state index contributed by atoms with van der Waals surface area (Å²) in [5, 5.41) is 2.94. The molecular formula is C16H23FN2O. The van der Waals surface area contributed by atoms with Crippen LogP contribution in [-0.2, 0) is 11.2 Å². The summed E-state index contributed by atoms with van der Waals surface area (Å²) in [6.45, 7) is 4.30. The zero-order valence-corrected chi connectivity index (χ0v) is 12.1. The molecule has 1 unspecified atom stereocenters. The van der Waals surface area contributed by atoms with Gasteiger partial charge in [0, 0.05) is 12.6 Å². The Morgan fingerprint density at radius 3 is 2.80 bits per heavy atom. The number of amides is 1. The topological polar surface area (TPSA) is 32.3 Å². The van der Waals surface area contributed by atoms with Crippen LogP contribution in [0.15, 0.2) is 24.3 Å². The maximum atomic E-state index is 12.8. The second-order valence-electron chi connectivity index (χ2n) is 5.54. The van der Waals surface area contributed by atoms with E-state index in [-0.39, 0.29) is 11.7 Å². The highest BCUT2D eigenvalue weighted by atomic mass is 19.1. The second kappa shape index (κ2) is 7.39. The Bertz CT molecular complexity index is 433. The van der Waals surface area contributed by atoms with E-state index >= 15 is 0 Å². The van der Waals surface area contributed by atoms with Crippen molar-refractivity contribution in [1.29, 1.82) is 0 Å².